The quantitative estimate of drug-likeness (QED) is 0.793. The average molecular weight is 239 g/mol. The third kappa shape index (κ3) is 3.76. The Morgan fingerprint density at radius 1 is 1.25 bits per heavy atom. The molecule has 16 heavy (non-hydrogen) atoms. The van der Waals surface area contributed by atoms with Crippen LogP contribution in [-0.4, -0.2) is 27.5 Å². The summed E-state index contributed by atoms with van der Waals surface area (Å²) in [7, 11) is 0. The lowest BCUT2D eigenvalue weighted by Gasteiger charge is -2.29. The Kier molecular flexibility index (Phi) is 5.77. The van der Waals surface area contributed by atoms with Crippen LogP contribution in [0.5, 0.6) is 0 Å². The molecule has 1 aromatic rings. The normalized spacial score (nSPS) is 11.7. The van der Waals surface area contributed by atoms with Gasteiger partial charge in [-0.3, -0.25) is 0 Å². The van der Waals surface area contributed by atoms with Gasteiger partial charge in [-0.15, -0.1) is 0 Å². The summed E-state index contributed by atoms with van der Waals surface area (Å²) < 4.78 is 0.356. The first-order valence-electron chi connectivity index (χ1n) is 5.78. The summed E-state index contributed by atoms with van der Waals surface area (Å²) in [6, 6.07) is 1.84. The van der Waals surface area contributed by atoms with Crippen LogP contribution >= 0.6 is 11.8 Å². The molecule has 3 nitrogen and oxygen atoms in total. The topological polar surface area (TPSA) is 37.8 Å². The minimum Gasteiger partial charge on any atom is -0.308 e. The van der Waals surface area contributed by atoms with E-state index in [0.717, 1.165) is 18.9 Å². The molecule has 0 atom stereocenters. The molecule has 1 rings (SSSR count). The van der Waals surface area contributed by atoms with Gasteiger partial charge in [0.15, 0.2) is 0 Å². The van der Waals surface area contributed by atoms with E-state index in [9.17, 15) is 0 Å². The van der Waals surface area contributed by atoms with Crippen molar-refractivity contribution in [2.45, 2.75) is 38.0 Å². The summed E-state index contributed by atoms with van der Waals surface area (Å²) in [4.78, 5) is 8.39. The van der Waals surface area contributed by atoms with Crippen molar-refractivity contribution in [1.82, 2.24) is 15.3 Å². The largest absolute Gasteiger partial charge is 0.308 e. The molecule has 0 radical (unpaired) electrons. The van der Waals surface area contributed by atoms with Gasteiger partial charge in [0.2, 0.25) is 0 Å². The number of rotatable bonds is 7. The second-order valence-corrected chi connectivity index (χ2v) is 5.14. The fourth-order valence-electron chi connectivity index (χ4n) is 1.68. The summed E-state index contributed by atoms with van der Waals surface area (Å²) >= 11 is 1.95. The van der Waals surface area contributed by atoms with Gasteiger partial charge in [-0.05, 0) is 25.2 Å². The van der Waals surface area contributed by atoms with Crippen molar-refractivity contribution < 1.29 is 0 Å². The van der Waals surface area contributed by atoms with E-state index in [1.165, 1.54) is 12.8 Å². The summed E-state index contributed by atoms with van der Waals surface area (Å²) in [5.74, 6) is 0.865. The molecule has 1 heterocycles. The van der Waals surface area contributed by atoms with Crippen LogP contribution in [0.2, 0.25) is 0 Å². The predicted molar refractivity (Wildman–Crippen MR) is 70.6 cm³/mol. The fraction of sp³-hybridized carbons (Fsp3) is 0.667. The van der Waals surface area contributed by atoms with E-state index in [1.807, 2.05) is 17.8 Å². The maximum absolute atomic E-state index is 4.20. The van der Waals surface area contributed by atoms with Crippen molar-refractivity contribution >= 4 is 11.8 Å². The summed E-state index contributed by atoms with van der Waals surface area (Å²) in [6.07, 6.45) is 8.13. The highest BCUT2D eigenvalue weighted by molar-refractivity contribution is 8.00. The lowest BCUT2D eigenvalue weighted by atomic mass is 10.0. The van der Waals surface area contributed by atoms with E-state index >= 15 is 0 Å². The minimum atomic E-state index is 0.356. The summed E-state index contributed by atoms with van der Waals surface area (Å²) in [5, 5.41) is 3.45. The van der Waals surface area contributed by atoms with E-state index < -0.39 is 0 Å². The van der Waals surface area contributed by atoms with Crippen LogP contribution in [-0.2, 0) is 6.54 Å². The smallest absolute Gasteiger partial charge is 0.141 e. The van der Waals surface area contributed by atoms with E-state index in [-0.39, 0.29) is 0 Å². The molecule has 4 heteroatoms. The lowest BCUT2D eigenvalue weighted by Crippen LogP contribution is -2.36. The van der Waals surface area contributed by atoms with Crippen LogP contribution in [0.15, 0.2) is 18.5 Å². The standard InChI is InChI=1S/C12H21N3S/c1-4-12(5-2,16-3)10-13-9-11-14-7-6-8-15-11/h6-8,13H,4-5,9-10H2,1-3H3. The van der Waals surface area contributed by atoms with Crippen molar-refractivity contribution in [2.24, 2.45) is 0 Å². The van der Waals surface area contributed by atoms with Gasteiger partial charge in [0.1, 0.15) is 5.82 Å². The van der Waals surface area contributed by atoms with Gasteiger partial charge in [-0.1, -0.05) is 13.8 Å². The molecule has 0 unspecified atom stereocenters. The highest BCUT2D eigenvalue weighted by Gasteiger charge is 2.23. The highest BCUT2D eigenvalue weighted by atomic mass is 32.2. The van der Waals surface area contributed by atoms with Crippen LogP contribution in [0, 0.1) is 0 Å². The zero-order valence-electron chi connectivity index (χ0n) is 10.4. The lowest BCUT2D eigenvalue weighted by molar-refractivity contribution is 0.490. The summed E-state index contributed by atoms with van der Waals surface area (Å²) in [6.45, 7) is 6.27. The van der Waals surface area contributed by atoms with E-state index in [2.05, 4.69) is 35.4 Å². The number of nitrogens with zero attached hydrogens (tertiary/aromatic N) is 2. The van der Waals surface area contributed by atoms with Crippen LogP contribution < -0.4 is 5.32 Å². The second kappa shape index (κ2) is 6.86. The van der Waals surface area contributed by atoms with Crippen molar-refractivity contribution in [2.75, 3.05) is 12.8 Å². The van der Waals surface area contributed by atoms with Crippen molar-refractivity contribution in [1.29, 1.82) is 0 Å². The van der Waals surface area contributed by atoms with Crippen LogP contribution in [0.4, 0.5) is 0 Å². The van der Waals surface area contributed by atoms with Crippen LogP contribution in [0.3, 0.4) is 0 Å². The Balaban J connectivity index is 2.39. The molecule has 0 aliphatic carbocycles. The zero-order chi connectivity index (χ0) is 11.9. The molecule has 0 aliphatic rings. The molecule has 0 saturated heterocycles. The molecule has 1 N–H and O–H groups in total. The molecule has 0 bridgehead atoms. The van der Waals surface area contributed by atoms with Gasteiger partial charge in [0.25, 0.3) is 0 Å². The van der Waals surface area contributed by atoms with Gasteiger partial charge in [0.05, 0.1) is 6.54 Å². The van der Waals surface area contributed by atoms with Gasteiger partial charge in [0, 0.05) is 23.7 Å². The zero-order valence-corrected chi connectivity index (χ0v) is 11.2. The van der Waals surface area contributed by atoms with Crippen LogP contribution in [0.25, 0.3) is 0 Å². The molecule has 0 amide bonds. The van der Waals surface area contributed by atoms with Gasteiger partial charge >= 0.3 is 0 Å². The molecular formula is C12H21N3S. The number of aromatic nitrogens is 2. The number of thioether (sulfide) groups is 1. The number of hydrogen-bond donors (Lipinski definition) is 1. The number of nitrogens with one attached hydrogen (secondary N) is 1. The maximum atomic E-state index is 4.20. The Labute approximate surface area is 102 Å². The Bertz CT molecular complexity index is 277. The van der Waals surface area contributed by atoms with E-state index in [4.69, 9.17) is 0 Å². The van der Waals surface area contributed by atoms with Gasteiger partial charge in [-0.2, -0.15) is 11.8 Å². The predicted octanol–water partition coefficient (Wildman–Crippen LogP) is 2.49. The van der Waals surface area contributed by atoms with Crippen molar-refractivity contribution in [3.05, 3.63) is 24.3 Å². The Hall–Kier alpha value is -0.610. The van der Waals surface area contributed by atoms with Crippen molar-refractivity contribution in [3.63, 3.8) is 0 Å². The van der Waals surface area contributed by atoms with Crippen molar-refractivity contribution in [3.8, 4) is 0 Å². The fourth-order valence-corrected chi connectivity index (χ4v) is 2.51. The first kappa shape index (κ1) is 13.5. The third-order valence-electron chi connectivity index (χ3n) is 3.07. The van der Waals surface area contributed by atoms with E-state index in [1.54, 1.807) is 12.4 Å². The highest BCUT2D eigenvalue weighted by Crippen LogP contribution is 2.29. The summed E-state index contributed by atoms with van der Waals surface area (Å²) in [5.41, 5.74) is 0. The van der Waals surface area contributed by atoms with Gasteiger partial charge in [-0.25, -0.2) is 9.97 Å². The second-order valence-electron chi connectivity index (χ2n) is 3.86. The molecule has 0 saturated carbocycles. The molecule has 0 aromatic carbocycles. The molecule has 0 fully saturated rings. The molecule has 0 spiro atoms. The SMILES string of the molecule is CCC(CC)(CNCc1ncccn1)SC. The minimum absolute atomic E-state index is 0.356. The molecule has 0 aliphatic heterocycles. The maximum Gasteiger partial charge on any atom is 0.141 e. The third-order valence-corrected chi connectivity index (χ3v) is 4.66. The first-order valence-corrected chi connectivity index (χ1v) is 7.00. The van der Waals surface area contributed by atoms with Gasteiger partial charge < -0.3 is 5.32 Å². The Morgan fingerprint density at radius 3 is 2.38 bits per heavy atom. The number of hydrogen-bond acceptors (Lipinski definition) is 4. The Morgan fingerprint density at radius 2 is 1.88 bits per heavy atom. The van der Waals surface area contributed by atoms with Crippen LogP contribution in [0.1, 0.15) is 32.5 Å². The van der Waals surface area contributed by atoms with E-state index in [0.29, 0.717) is 4.75 Å². The monoisotopic (exact) mass is 239 g/mol. The first-order chi connectivity index (χ1) is 7.76. The molecule has 1 aromatic heterocycles. The average Bonchev–Trinajstić information content (AvgIpc) is 2.37. The molecule has 90 valence electrons. The molecular weight excluding hydrogens is 218 g/mol.